The van der Waals surface area contributed by atoms with Crippen LogP contribution in [0, 0.1) is 6.92 Å². The first-order chi connectivity index (χ1) is 10.1. The second kappa shape index (κ2) is 6.09. The molecule has 1 aromatic heterocycles. The Kier molecular flexibility index (Phi) is 4.36. The number of fused-ring (bicyclic) bond motifs is 1. The molecule has 1 atom stereocenters. The van der Waals surface area contributed by atoms with E-state index in [1.165, 1.54) is 21.2 Å². The lowest BCUT2D eigenvalue weighted by Crippen LogP contribution is -2.17. The number of thiophene rings is 1. The summed E-state index contributed by atoms with van der Waals surface area (Å²) in [4.78, 5) is 0. The van der Waals surface area contributed by atoms with Crippen LogP contribution in [0.4, 0.5) is 0 Å². The Hall–Kier alpha value is -0.870. The predicted molar refractivity (Wildman–Crippen MR) is 96.6 cm³/mol. The zero-order valence-electron chi connectivity index (χ0n) is 11.8. The molecule has 0 aliphatic carbocycles. The van der Waals surface area contributed by atoms with E-state index in [0.717, 1.165) is 15.1 Å². The first kappa shape index (κ1) is 15.0. The van der Waals surface area contributed by atoms with Gasteiger partial charge in [0.15, 0.2) is 0 Å². The molecule has 0 fully saturated rings. The lowest BCUT2D eigenvalue weighted by molar-refractivity contribution is 0.698. The van der Waals surface area contributed by atoms with E-state index >= 15 is 0 Å². The Bertz CT molecular complexity index is 797. The van der Waals surface area contributed by atoms with Crippen LogP contribution >= 0.6 is 38.9 Å². The van der Waals surface area contributed by atoms with Crippen molar-refractivity contribution in [1.82, 2.24) is 5.32 Å². The molecule has 0 radical (unpaired) electrons. The average Bonchev–Trinajstić information content (AvgIpc) is 2.89. The van der Waals surface area contributed by atoms with Gasteiger partial charge in [-0.15, -0.1) is 11.3 Å². The summed E-state index contributed by atoms with van der Waals surface area (Å²) in [5.74, 6) is 0. The summed E-state index contributed by atoms with van der Waals surface area (Å²) in [6.07, 6.45) is 0. The van der Waals surface area contributed by atoms with Crippen molar-refractivity contribution in [2.24, 2.45) is 0 Å². The van der Waals surface area contributed by atoms with Crippen LogP contribution in [0.15, 0.2) is 46.3 Å². The van der Waals surface area contributed by atoms with E-state index in [1.54, 1.807) is 11.3 Å². The van der Waals surface area contributed by atoms with Gasteiger partial charge in [-0.25, -0.2) is 0 Å². The van der Waals surface area contributed by atoms with Crippen molar-refractivity contribution >= 4 is 49.0 Å². The van der Waals surface area contributed by atoms with Gasteiger partial charge in [0.2, 0.25) is 0 Å². The average molecular weight is 381 g/mol. The molecule has 3 aromatic rings. The second-order valence-corrected chi connectivity index (χ2v) is 7.18. The molecule has 0 spiro atoms. The molecule has 1 N–H and O–H groups in total. The van der Waals surface area contributed by atoms with Gasteiger partial charge in [0.25, 0.3) is 0 Å². The van der Waals surface area contributed by atoms with E-state index < -0.39 is 0 Å². The van der Waals surface area contributed by atoms with Crippen LogP contribution in [-0.4, -0.2) is 7.05 Å². The lowest BCUT2D eigenvalue weighted by Gasteiger charge is -2.17. The Morgan fingerprint density at radius 1 is 1.24 bits per heavy atom. The molecular formula is C17H15BrClNS. The molecule has 0 amide bonds. The fourth-order valence-electron chi connectivity index (χ4n) is 2.56. The monoisotopic (exact) mass is 379 g/mol. The van der Waals surface area contributed by atoms with Crippen molar-refractivity contribution < 1.29 is 0 Å². The quantitative estimate of drug-likeness (QED) is 0.593. The maximum absolute atomic E-state index is 6.29. The molecule has 0 aliphatic rings. The fourth-order valence-corrected chi connectivity index (χ4v) is 4.39. The number of nitrogens with one attached hydrogen (secondary N) is 1. The third-order valence-corrected chi connectivity index (χ3v) is 6.09. The van der Waals surface area contributed by atoms with Crippen LogP contribution in [-0.2, 0) is 0 Å². The summed E-state index contributed by atoms with van der Waals surface area (Å²) in [5, 5.41) is 7.73. The van der Waals surface area contributed by atoms with E-state index in [2.05, 4.69) is 63.0 Å². The number of aryl methyl sites for hydroxylation is 1. The summed E-state index contributed by atoms with van der Waals surface area (Å²) in [6, 6.07) is 12.8. The first-order valence-corrected chi connectivity index (χ1v) is 8.76. The smallest absolute Gasteiger partial charge is 0.0589 e. The third-order valence-electron chi connectivity index (χ3n) is 3.71. The predicted octanol–water partition coefficient (Wildman–Crippen LogP) is 5.93. The molecule has 108 valence electrons. The lowest BCUT2D eigenvalue weighted by atomic mass is 9.97. The van der Waals surface area contributed by atoms with Crippen LogP contribution in [0.3, 0.4) is 0 Å². The molecule has 0 bridgehead atoms. The normalized spacial score (nSPS) is 12.8. The van der Waals surface area contributed by atoms with Crippen molar-refractivity contribution in [2.75, 3.05) is 7.05 Å². The summed E-state index contributed by atoms with van der Waals surface area (Å²) >= 11 is 11.7. The first-order valence-electron chi connectivity index (χ1n) is 6.70. The molecule has 21 heavy (non-hydrogen) atoms. The van der Waals surface area contributed by atoms with Gasteiger partial charge in [0, 0.05) is 14.2 Å². The molecule has 1 heterocycles. The number of hydrogen-bond donors (Lipinski definition) is 1. The fraction of sp³-hybridized carbons (Fsp3) is 0.176. The number of hydrogen-bond acceptors (Lipinski definition) is 2. The van der Waals surface area contributed by atoms with Crippen molar-refractivity contribution in [3.8, 4) is 0 Å². The number of benzene rings is 2. The Balaban J connectivity index is 2.14. The topological polar surface area (TPSA) is 12.0 Å². The highest BCUT2D eigenvalue weighted by molar-refractivity contribution is 9.10. The zero-order valence-corrected chi connectivity index (χ0v) is 14.9. The second-order valence-electron chi connectivity index (χ2n) is 5.04. The van der Waals surface area contributed by atoms with E-state index in [1.807, 2.05) is 14.0 Å². The van der Waals surface area contributed by atoms with Gasteiger partial charge in [0.1, 0.15) is 0 Å². The van der Waals surface area contributed by atoms with Crippen LogP contribution < -0.4 is 5.32 Å². The summed E-state index contributed by atoms with van der Waals surface area (Å²) in [6.45, 7) is 2.03. The maximum Gasteiger partial charge on any atom is 0.0589 e. The standard InChI is InChI=1S/C17H15BrClNS/c1-10-6-7-11(8-15(10)19)16(20-2)13-9-21-17-12(13)4-3-5-14(17)18/h3-9,16,20H,1-2H3. The van der Waals surface area contributed by atoms with Crippen molar-refractivity contribution in [1.29, 1.82) is 0 Å². The van der Waals surface area contributed by atoms with Crippen LogP contribution in [0.25, 0.3) is 10.1 Å². The van der Waals surface area contributed by atoms with E-state index in [-0.39, 0.29) is 6.04 Å². The van der Waals surface area contributed by atoms with Crippen LogP contribution in [0.1, 0.15) is 22.7 Å². The van der Waals surface area contributed by atoms with Crippen LogP contribution in [0.2, 0.25) is 5.02 Å². The third kappa shape index (κ3) is 2.76. The molecule has 4 heteroatoms. The van der Waals surface area contributed by atoms with E-state index in [9.17, 15) is 0 Å². The highest BCUT2D eigenvalue weighted by Gasteiger charge is 2.17. The summed E-state index contributed by atoms with van der Waals surface area (Å²) < 4.78 is 2.43. The largest absolute Gasteiger partial charge is 0.309 e. The molecule has 2 aromatic carbocycles. The number of halogens is 2. The summed E-state index contributed by atoms with van der Waals surface area (Å²) in [7, 11) is 1.99. The van der Waals surface area contributed by atoms with Gasteiger partial charge >= 0.3 is 0 Å². The van der Waals surface area contributed by atoms with Gasteiger partial charge in [-0.3, -0.25) is 0 Å². The van der Waals surface area contributed by atoms with Gasteiger partial charge < -0.3 is 5.32 Å². The molecule has 0 saturated carbocycles. The molecular weight excluding hydrogens is 366 g/mol. The molecule has 0 saturated heterocycles. The van der Waals surface area contributed by atoms with Gasteiger partial charge in [-0.1, -0.05) is 35.9 Å². The van der Waals surface area contributed by atoms with Crippen molar-refractivity contribution in [3.63, 3.8) is 0 Å². The maximum atomic E-state index is 6.29. The minimum atomic E-state index is 0.145. The van der Waals surface area contributed by atoms with Crippen LogP contribution in [0.5, 0.6) is 0 Å². The highest BCUT2D eigenvalue weighted by Crippen LogP contribution is 2.37. The van der Waals surface area contributed by atoms with E-state index in [4.69, 9.17) is 11.6 Å². The minimum Gasteiger partial charge on any atom is -0.309 e. The van der Waals surface area contributed by atoms with Gasteiger partial charge in [-0.2, -0.15) is 0 Å². The molecule has 1 unspecified atom stereocenters. The Morgan fingerprint density at radius 3 is 2.76 bits per heavy atom. The van der Waals surface area contributed by atoms with Crippen molar-refractivity contribution in [2.45, 2.75) is 13.0 Å². The van der Waals surface area contributed by atoms with E-state index in [0.29, 0.717) is 0 Å². The molecule has 1 nitrogen and oxygen atoms in total. The highest BCUT2D eigenvalue weighted by atomic mass is 79.9. The van der Waals surface area contributed by atoms with Crippen molar-refractivity contribution in [3.05, 3.63) is 68.0 Å². The zero-order chi connectivity index (χ0) is 15.0. The Labute approximate surface area is 142 Å². The SMILES string of the molecule is CNC(c1ccc(C)c(Cl)c1)c1csc2c(Br)cccc12. The number of rotatable bonds is 3. The Morgan fingerprint density at radius 2 is 2.05 bits per heavy atom. The molecule has 0 aliphatic heterocycles. The molecule has 3 rings (SSSR count). The van der Waals surface area contributed by atoms with Gasteiger partial charge in [0.05, 0.1) is 6.04 Å². The van der Waals surface area contributed by atoms with Gasteiger partial charge in [-0.05, 0) is 69.5 Å². The summed E-state index contributed by atoms with van der Waals surface area (Å²) in [5.41, 5.74) is 3.58. The minimum absolute atomic E-state index is 0.145.